The monoisotopic (exact) mass is 315 g/mol. The van der Waals surface area contributed by atoms with Crippen LogP contribution in [-0.4, -0.2) is 39.6 Å². The van der Waals surface area contributed by atoms with E-state index in [1.165, 1.54) is 17.8 Å². The van der Waals surface area contributed by atoms with E-state index in [4.69, 9.17) is 0 Å². The summed E-state index contributed by atoms with van der Waals surface area (Å²) in [5.74, 6) is 0.272. The first-order valence-corrected chi connectivity index (χ1v) is 7.39. The third kappa shape index (κ3) is 2.99. The molecule has 1 aromatic carbocycles. The van der Waals surface area contributed by atoms with Crippen LogP contribution < -0.4 is 0 Å². The van der Waals surface area contributed by atoms with E-state index in [0.29, 0.717) is 16.2 Å². The summed E-state index contributed by atoms with van der Waals surface area (Å²) in [5.41, 5.74) is 0.0671. The maximum atomic E-state index is 12.6. The fraction of sp³-hybridized carbons (Fsp3) is 0.385. The van der Waals surface area contributed by atoms with Crippen LogP contribution in [-0.2, 0) is 11.0 Å². The van der Waals surface area contributed by atoms with Crippen LogP contribution in [0.2, 0.25) is 0 Å². The minimum absolute atomic E-state index is 0.0303. The molecule has 1 fully saturated rings. The van der Waals surface area contributed by atoms with Crippen molar-refractivity contribution in [2.24, 2.45) is 0 Å². The molecular formula is C13H12F3N3OS. The normalized spacial score (nSPS) is 15.3. The molecule has 1 amide bonds. The summed E-state index contributed by atoms with van der Waals surface area (Å²) in [5, 5.41) is 0.457. The van der Waals surface area contributed by atoms with Gasteiger partial charge in [0.25, 0.3) is 0 Å². The maximum absolute atomic E-state index is 12.6. The molecule has 0 atom stereocenters. The van der Waals surface area contributed by atoms with E-state index in [0.717, 1.165) is 31.6 Å². The molecular weight excluding hydrogens is 303 g/mol. The number of hydrogen-bond donors (Lipinski definition) is 1. The molecule has 1 aliphatic rings. The third-order valence-corrected chi connectivity index (χ3v) is 4.19. The van der Waals surface area contributed by atoms with Gasteiger partial charge in [-0.25, -0.2) is 4.98 Å². The van der Waals surface area contributed by atoms with Crippen molar-refractivity contribution in [3.8, 4) is 0 Å². The molecule has 0 bridgehead atoms. The largest absolute Gasteiger partial charge is 0.416 e. The zero-order valence-electron chi connectivity index (χ0n) is 10.9. The third-order valence-electron chi connectivity index (χ3n) is 3.33. The maximum Gasteiger partial charge on any atom is 0.416 e. The smallest absolute Gasteiger partial charge is 0.342 e. The molecule has 0 unspecified atom stereocenters. The summed E-state index contributed by atoms with van der Waals surface area (Å²) in [6.45, 7) is 1.57. The van der Waals surface area contributed by atoms with Crippen LogP contribution in [0.3, 0.4) is 0 Å². The standard InChI is InChI=1S/C13H12F3N3OS/c14-13(15,16)8-2-3-9-10(6-8)18-12(17-9)21-7-11(20)19-4-1-5-19/h2-3,6H,1,4-5,7H2,(H,17,18). The Balaban J connectivity index is 1.73. The van der Waals surface area contributed by atoms with Crippen molar-refractivity contribution >= 4 is 28.7 Å². The Kier molecular flexibility index (Phi) is 3.56. The predicted octanol–water partition coefficient (Wildman–Crippen LogP) is 2.91. The molecule has 2 heterocycles. The first-order chi connectivity index (χ1) is 9.93. The summed E-state index contributed by atoms with van der Waals surface area (Å²) in [7, 11) is 0. The van der Waals surface area contributed by atoms with Gasteiger partial charge in [0.15, 0.2) is 5.16 Å². The average molecular weight is 315 g/mol. The van der Waals surface area contributed by atoms with E-state index < -0.39 is 11.7 Å². The van der Waals surface area contributed by atoms with Crippen molar-refractivity contribution < 1.29 is 18.0 Å². The van der Waals surface area contributed by atoms with Gasteiger partial charge in [-0.3, -0.25) is 4.79 Å². The lowest BCUT2D eigenvalue weighted by Crippen LogP contribution is -2.43. The molecule has 1 saturated heterocycles. The van der Waals surface area contributed by atoms with Gasteiger partial charge in [0.2, 0.25) is 5.91 Å². The SMILES string of the molecule is O=C(CSc1nc2ccc(C(F)(F)F)cc2[nH]1)N1CCC1. The minimum atomic E-state index is -4.37. The van der Waals surface area contributed by atoms with E-state index in [-0.39, 0.29) is 11.7 Å². The number of alkyl halides is 3. The molecule has 2 aromatic rings. The van der Waals surface area contributed by atoms with Gasteiger partial charge in [-0.15, -0.1) is 0 Å². The van der Waals surface area contributed by atoms with E-state index in [1.54, 1.807) is 4.90 Å². The zero-order chi connectivity index (χ0) is 15.0. The summed E-state index contributed by atoms with van der Waals surface area (Å²) in [6.07, 6.45) is -3.35. The second kappa shape index (κ2) is 5.25. The van der Waals surface area contributed by atoms with Gasteiger partial charge in [-0.05, 0) is 24.6 Å². The van der Waals surface area contributed by atoms with Gasteiger partial charge in [-0.2, -0.15) is 13.2 Å². The van der Waals surface area contributed by atoms with Crippen LogP contribution in [0.5, 0.6) is 0 Å². The highest BCUT2D eigenvalue weighted by Gasteiger charge is 2.30. The molecule has 112 valence electrons. The van der Waals surface area contributed by atoms with Crippen molar-refractivity contribution in [2.75, 3.05) is 18.8 Å². The average Bonchev–Trinajstić information content (AvgIpc) is 2.74. The van der Waals surface area contributed by atoms with Gasteiger partial charge in [-0.1, -0.05) is 11.8 Å². The van der Waals surface area contributed by atoms with Crippen LogP contribution in [0.15, 0.2) is 23.4 Å². The molecule has 1 aliphatic heterocycles. The van der Waals surface area contributed by atoms with E-state index in [2.05, 4.69) is 9.97 Å². The van der Waals surface area contributed by atoms with Gasteiger partial charge >= 0.3 is 6.18 Å². The first-order valence-electron chi connectivity index (χ1n) is 6.41. The predicted molar refractivity (Wildman–Crippen MR) is 73.0 cm³/mol. The number of nitrogens with one attached hydrogen (secondary N) is 1. The molecule has 0 spiro atoms. The van der Waals surface area contributed by atoms with Crippen LogP contribution in [0.4, 0.5) is 13.2 Å². The fourth-order valence-corrected chi connectivity index (χ4v) is 2.81. The number of carbonyl (C=O) groups excluding carboxylic acids is 1. The van der Waals surface area contributed by atoms with Crippen molar-refractivity contribution in [3.63, 3.8) is 0 Å². The molecule has 1 N–H and O–H groups in total. The van der Waals surface area contributed by atoms with E-state index in [9.17, 15) is 18.0 Å². The number of benzene rings is 1. The number of amides is 1. The van der Waals surface area contributed by atoms with Crippen molar-refractivity contribution in [2.45, 2.75) is 17.8 Å². The van der Waals surface area contributed by atoms with E-state index in [1.807, 2.05) is 0 Å². The number of imidazole rings is 1. The van der Waals surface area contributed by atoms with Gasteiger partial charge in [0.1, 0.15) is 0 Å². The number of thioether (sulfide) groups is 1. The molecule has 0 aliphatic carbocycles. The fourth-order valence-electron chi connectivity index (χ4n) is 2.02. The molecule has 4 nitrogen and oxygen atoms in total. The zero-order valence-corrected chi connectivity index (χ0v) is 11.7. The number of carbonyl (C=O) groups is 1. The molecule has 8 heteroatoms. The number of aromatic amines is 1. The van der Waals surface area contributed by atoms with Crippen molar-refractivity contribution in [1.29, 1.82) is 0 Å². The Labute approximate surface area is 122 Å². The lowest BCUT2D eigenvalue weighted by atomic mass is 10.2. The van der Waals surface area contributed by atoms with Crippen LogP contribution in [0.25, 0.3) is 11.0 Å². The highest BCUT2D eigenvalue weighted by molar-refractivity contribution is 7.99. The molecule has 3 rings (SSSR count). The Morgan fingerprint density at radius 2 is 2.14 bits per heavy atom. The number of rotatable bonds is 3. The number of aromatic nitrogens is 2. The Hall–Kier alpha value is -1.70. The van der Waals surface area contributed by atoms with Crippen LogP contribution >= 0.6 is 11.8 Å². The molecule has 1 aromatic heterocycles. The van der Waals surface area contributed by atoms with Crippen LogP contribution in [0, 0.1) is 0 Å². The summed E-state index contributed by atoms with van der Waals surface area (Å²) in [4.78, 5) is 20.5. The number of H-pyrrole nitrogens is 1. The lowest BCUT2D eigenvalue weighted by molar-refractivity contribution is -0.137. The number of hydrogen-bond acceptors (Lipinski definition) is 3. The second-order valence-electron chi connectivity index (χ2n) is 4.79. The summed E-state index contributed by atoms with van der Waals surface area (Å²) < 4.78 is 37.9. The number of halogens is 3. The van der Waals surface area contributed by atoms with Crippen LogP contribution in [0.1, 0.15) is 12.0 Å². The Morgan fingerprint density at radius 3 is 2.76 bits per heavy atom. The van der Waals surface area contributed by atoms with Crippen molar-refractivity contribution in [1.82, 2.24) is 14.9 Å². The molecule has 0 saturated carbocycles. The number of likely N-dealkylation sites (tertiary alicyclic amines) is 1. The van der Waals surface area contributed by atoms with Gasteiger partial charge in [0.05, 0.1) is 22.3 Å². The molecule has 0 radical (unpaired) electrons. The highest BCUT2D eigenvalue weighted by Crippen LogP contribution is 2.31. The van der Waals surface area contributed by atoms with Crippen molar-refractivity contribution in [3.05, 3.63) is 23.8 Å². The summed E-state index contributed by atoms with van der Waals surface area (Å²) >= 11 is 1.21. The summed E-state index contributed by atoms with van der Waals surface area (Å²) in [6, 6.07) is 3.36. The molecule has 21 heavy (non-hydrogen) atoms. The van der Waals surface area contributed by atoms with Gasteiger partial charge < -0.3 is 9.88 Å². The number of nitrogens with zero attached hydrogens (tertiary/aromatic N) is 2. The highest BCUT2D eigenvalue weighted by atomic mass is 32.2. The van der Waals surface area contributed by atoms with Gasteiger partial charge in [0, 0.05) is 13.1 Å². The minimum Gasteiger partial charge on any atom is -0.342 e. The van der Waals surface area contributed by atoms with E-state index >= 15 is 0 Å². The Morgan fingerprint density at radius 1 is 1.38 bits per heavy atom. The number of fused-ring (bicyclic) bond motifs is 1. The quantitative estimate of drug-likeness (QED) is 0.886. The first kappa shape index (κ1) is 14.2. The lowest BCUT2D eigenvalue weighted by Gasteiger charge is -2.30. The Bertz CT molecular complexity index is 679. The topological polar surface area (TPSA) is 49.0 Å². The second-order valence-corrected chi connectivity index (χ2v) is 5.76.